The minimum atomic E-state index is 0.214. The SMILES string of the molecule is CC1C(=O)N(CC2(CBr)CC2)C(C)C1C. The minimum absolute atomic E-state index is 0.214. The van der Waals surface area contributed by atoms with E-state index in [0.717, 1.165) is 11.9 Å². The average Bonchev–Trinajstić information content (AvgIpc) is 2.99. The maximum Gasteiger partial charge on any atom is 0.226 e. The van der Waals surface area contributed by atoms with Crippen LogP contribution < -0.4 is 0 Å². The molecular weight excluding hydrogens is 254 g/mol. The first-order valence-electron chi connectivity index (χ1n) is 5.87. The molecule has 3 unspecified atom stereocenters. The molecule has 86 valence electrons. The summed E-state index contributed by atoms with van der Waals surface area (Å²) in [7, 11) is 0. The van der Waals surface area contributed by atoms with Gasteiger partial charge in [-0.15, -0.1) is 0 Å². The number of nitrogens with zero attached hydrogens (tertiary/aromatic N) is 1. The Labute approximate surface area is 101 Å². The van der Waals surface area contributed by atoms with Crippen molar-refractivity contribution in [3.05, 3.63) is 0 Å². The van der Waals surface area contributed by atoms with Crippen molar-refractivity contribution in [1.29, 1.82) is 0 Å². The second-order valence-corrected chi connectivity index (χ2v) is 6.05. The van der Waals surface area contributed by atoms with Crippen LogP contribution in [0, 0.1) is 17.3 Å². The quantitative estimate of drug-likeness (QED) is 0.724. The number of hydrogen-bond donors (Lipinski definition) is 0. The van der Waals surface area contributed by atoms with Crippen LogP contribution in [0.2, 0.25) is 0 Å². The summed E-state index contributed by atoms with van der Waals surface area (Å²) in [5.41, 5.74) is 0.410. The molecule has 0 aromatic rings. The molecule has 2 aliphatic rings. The van der Waals surface area contributed by atoms with E-state index in [9.17, 15) is 4.79 Å². The van der Waals surface area contributed by atoms with Gasteiger partial charge in [0, 0.05) is 23.8 Å². The van der Waals surface area contributed by atoms with Crippen LogP contribution in [0.1, 0.15) is 33.6 Å². The van der Waals surface area contributed by atoms with E-state index in [-0.39, 0.29) is 5.92 Å². The van der Waals surface area contributed by atoms with Gasteiger partial charge >= 0.3 is 0 Å². The molecule has 1 amide bonds. The van der Waals surface area contributed by atoms with Gasteiger partial charge in [0.2, 0.25) is 5.91 Å². The lowest BCUT2D eigenvalue weighted by atomic mass is 9.95. The number of likely N-dealkylation sites (tertiary alicyclic amines) is 1. The van der Waals surface area contributed by atoms with Crippen molar-refractivity contribution in [2.24, 2.45) is 17.3 Å². The van der Waals surface area contributed by atoms with Gasteiger partial charge in [-0.2, -0.15) is 0 Å². The molecule has 0 radical (unpaired) electrons. The minimum Gasteiger partial charge on any atom is -0.339 e. The van der Waals surface area contributed by atoms with Crippen molar-refractivity contribution in [3.63, 3.8) is 0 Å². The monoisotopic (exact) mass is 273 g/mol. The van der Waals surface area contributed by atoms with Crippen LogP contribution in [0.3, 0.4) is 0 Å². The second-order valence-electron chi connectivity index (χ2n) is 5.49. The summed E-state index contributed by atoms with van der Waals surface area (Å²) in [4.78, 5) is 14.2. The maximum atomic E-state index is 12.1. The van der Waals surface area contributed by atoms with Gasteiger partial charge in [-0.1, -0.05) is 29.8 Å². The summed E-state index contributed by atoms with van der Waals surface area (Å²) in [6.07, 6.45) is 2.55. The largest absolute Gasteiger partial charge is 0.339 e. The van der Waals surface area contributed by atoms with Crippen LogP contribution in [-0.2, 0) is 4.79 Å². The molecular formula is C12H20BrNO. The molecule has 2 nitrogen and oxygen atoms in total. The standard InChI is InChI=1S/C12H20BrNO/c1-8-9(2)11(15)14(10(8)3)7-12(6-13)4-5-12/h8-10H,4-7H2,1-3H3. The van der Waals surface area contributed by atoms with Gasteiger partial charge in [0.1, 0.15) is 0 Å². The molecule has 2 rings (SSSR count). The summed E-state index contributed by atoms with van der Waals surface area (Å²) in [5.74, 6) is 1.08. The molecule has 15 heavy (non-hydrogen) atoms. The van der Waals surface area contributed by atoms with Gasteiger partial charge in [0.15, 0.2) is 0 Å². The van der Waals surface area contributed by atoms with Crippen molar-refractivity contribution in [3.8, 4) is 0 Å². The van der Waals surface area contributed by atoms with Crippen molar-refractivity contribution in [2.75, 3.05) is 11.9 Å². The zero-order valence-corrected chi connectivity index (χ0v) is 11.4. The molecule has 3 atom stereocenters. The molecule has 1 aliphatic heterocycles. The summed E-state index contributed by atoms with van der Waals surface area (Å²) >= 11 is 3.57. The first-order valence-corrected chi connectivity index (χ1v) is 6.99. The van der Waals surface area contributed by atoms with Gasteiger partial charge < -0.3 is 4.90 Å². The van der Waals surface area contributed by atoms with Gasteiger partial charge in [0.25, 0.3) is 0 Å². The molecule has 3 heteroatoms. The van der Waals surface area contributed by atoms with Crippen molar-refractivity contribution >= 4 is 21.8 Å². The van der Waals surface area contributed by atoms with Crippen LogP contribution in [0.15, 0.2) is 0 Å². The van der Waals surface area contributed by atoms with E-state index in [1.807, 2.05) is 0 Å². The highest BCUT2D eigenvalue weighted by atomic mass is 79.9. The predicted molar refractivity (Wildman–Crippen MR) is 65.0 cm³/mol. The normalized spacial score (nSPS) is 38.5. The number of rotatable bonds is 3. The molecule has 0 spiro atoms. The van der Waals surface area contributed by atoms with E-state index in [1.54, 1.807) is 0 Å². The third-order valence-corrected chi connectivity index (χ3v) is 5.65. The van der Waals surface area contributed by atoms with Crippen LogP contribution in [0.5, 0.6) is 0 Å². The molecule has 1 saturated carbocycles. The van der Waals surface area contributed by atoms with E-state index < -0.39 is 0 Å². The Morgan fingerprint density at radius 2 is 2.00 bits per heavy atom. The Hall–Kier alpha value is -0.0500. The number of carbonyl (C=O) groups excluding carboxylic acids is 1. The fourth-order valence-corrected chi connectivity index (χ4v) is 3.22. The summed E-state index contributed by atoms with van der Waals surface area (Å²) in [5, 5.41) is 1.04. The lowest BCUT2D eigenvalue weighted by Gasteiger charge is -2.27. The van der Waals surface area contributed by atoms with Crippen molar-refractivity contribution < 1.29 is 4.79 Å². The summed E-state index contributed by atoms with van der Waals surface area (Å²) < 4.78 is 0. The predicted octanol–water partition coefficient (Wildman–Crippen LogP) is 2.66. The van der Waals surface area contributed by atoms with Gasteiger partial charge in [-0.25, -0.2) is 0 Å². The highest BCUT2D eigenvalue weighted by Gasteiger charge is 2.48. The van der Waals surface area contributed by atoms with Crippen molar-refractivity contribution in [2.45, 2.75) is 39.7 Å². The molecule has 0 aromatic carbocycles. The molecule has 1 aliphatic carbocycles. The number of carbonyl (C=O) groups is 1. The molecule has 0 aromatic heterocycles. The van der Waals surface area contributed by atoms with E-state index in [4.69, 9.17) is 0 Å². The van der Waals surface area contributed by atoms with Crippen molar-refractivity contribution in [1.82, 2.24) is 4.90 Å². The van der Waals surface area contributed by atoms with E-state index in [0.29, 0.717) is 23.3 Å². The first-order chi connectivity index (χ1) is 7.01. The topological polar surface area (TPSA) is 20.3 Å². The zero-order chi connectivity index (χ0) is 11.2. The second kappa shape index (κ2) is 3.76. The van der Waals surface area contributed by atoms with Gasteiger partial charge in [-0.05, 0) is 31.1 Å². The Kier molecular flexibility index (Phi) is 2.87. The zero-order valence-electron chi connectivity index (χ0n) is 9.79. The van der Waals surface area contributed by atoms with Gasteiger partial charge in [0.05, 0.1) is 0 Å². The van der Waals surface area contributed by atoms with E-state index in [2.05, 4.69) is 41.6 Å². The summed E-state index contributed by atoms with van der Waals surface area (Å²) in [6, 6.07) is 0.420. The molecule has 0 N–H and O–H groups in total. The molecule has 1 saturated heterocycles. The Morgan fingerprint density at radius 1 is 1.40 bits per heavy atom. The first kappa shape index (κ1) is 11.4. The average molecular weight is 274 g/mol. The van der Waals surface area contributed by atoms with Crippen LogP contribution in [0.25, 0.3) is 0 Å². The third-order valence-electron chi connectivity index (χ3n) is 4.46. The number of amides is 1. The highest BCUT2D eigenvalue weighted by Crippen LogP contribution is 2.49. The highest BCUT2D eigenvalue weighted by molar-refractivity contribution is 9.09. The Bertz CT molecular complexity index is 275. The lowest BCUT2D eigenvalue weighted by molar-refractivity contribution is -0.132. The molecule has 1 heterocycles. The summed E-state index contributed by atoms with van der Waals surface area (Å²) in [6.45, 7) is 7.42. The molecule has 2 fully saturated rings. The fraction of sp³-hybridized carbons (Fsp3) is 0.917. The third kappa shape index (κ3) is 1.83. The Morgan fingerprint density at radius 3 is 2.33 bits per heavy atom. The van der Waals surface area contributed by atoms with Crippen LogP contribution >= 0.6 is 15.9 Å². The number of hydrogen-bond acceptors (Lipinski definition) is 1. The number of alkyl halides is 1. The van der Waals surface area contributed by atoms with Crippen LogP contribution in [-0.4, -0.2) is 28.7 Å². The maximum absolute atomic E-state index is 12.1. The van der Waals surface area contributed by atoms with Crippen LogP contribution in [0.4, 0.5) is 0 Å². The lowest BCUT2D eigenvalue weighted by Crippen LogP contribution is -2.38. The molecule has 0 bridgehead atoms. The van der Waals surface area contributed by atoms with E-state index >= 15 is 0 Å². The fourth-order valence-electron chi connectivity index (χ4n) is 2.48. The van der Waals surface area contributed by atoms with E-state index in [1.165, 1.54) is 12.8 Å². The Balaban J connectivity index is 2.06. The van der Waals surface area contributed by atoms with Gasteiger partial charge in [-0.3, -0.25) is 4.79 Å². The number of halogens is 1. The smallest absolute Gasteiger partial charge is 0.226 e.